The van der Waals surface area contributed by atoms with E-state index in [0.717, 1.165) is 5.57 Å². The van der Waals surface area contributed by atoms with Crippen LogP contribution in [0.1, 0.15) is 27.7 Å². The Bertz CT molecular complexity index is 258. The first-order chi connectivity index (χ1) is 4.76. The van der Waals surface area contributed by atoms with E-state index in [-0.39, 0.29) is 0 Å². The molecule has 0 fully saturated rings. The van der Waals surface area contributed by atoms with Crippen LogP contribution < -0.4 is 0 Å². The van der Waals surface area contributed by atoms with Crippen LogP contribution >= 0.6 is 0 Å². The standard InChI is InChI=1S/C8H16O2S/c1-6(2)7(3)8(4)11(5,9)10/h6H,1-5H3/b8-7+. The summed E-state index contributed by atoms with van der Waals surface area (Å²) in [5, 5.41) is 0. The first kappa shape index (κ1) is 10.7. The molecule has 0 heterocycles. The monoisotopic (exact) mass is 176 g/mol. The maximum Gasteiger partial charge on any atom is 0.171 e. The molecule has 0 saturated heterocycles. The van der Waals surface area contributed by atoms with Crippen LogP contribution in [0.15, 0.2) is 10.5 Å². The molecule has 0 aliphatic heterocycles. The Labute approximate surface area is 69.2 Å². The van der Waals surface area contributed by atoms with Crippen molar-refractivity contribution >= 4 is 9.84 Å². The third-order valence-electron chi connectivity index (χ3n) is 1.98. The molecular formula is C8H16O2S. The van der Waals surface area contributed by atoms with Crippen molar-refractivity contribution in [3.05, 3.63) is 10.5 Å². The van der Waals surface area contributed by atoms with Crippen LogP contribution in [0.2, 0.25) is 0 Å². The van der Waals surface area contributed by atoms with Gasteiger partial charge in [0.25, 0.3) is 0 Å². The Morgan fingerprint density at radius 1 is 1.18 bits per heavy atom. The van der Waals surface area contributed by atoms with Gasteiger partial charge < -0.3 is 0 Å². The zero-order valence-electron chi connectivity index (χ0n) is 7.80. The largest absolute Gasteiger partial charge is 0.224 e. The topological polar surface area (TPSA) is 34.1 Å². The van der Waals surface area contributed by atoms with E-state index in [2.05, 4.69) is 0 Å². The average Bonchev–Trinajstić information content (AvgIpc) is 1.82. The van der Waals surface area contributed by atoms with E-state index in [1.807, 2.05) is 20.8 Å². The number of sulfone groups is 1. The van der Waals surface area contributed by atoms with Crippen LogP contribution in [0.3, 0.4) is 0 Å². The molecule has 0 aromatic rings. The zero-order chi connectivity index (χ0) is 9.23. The third kappa shape index (κ3) is 3.06. The molecule has 0 rings (SSSR count). The molecule has 0 spiro atoms. The van der Waals surface area contributed by atoms with Crippen LogP contribution in [-0.2, 0) is 9.84 Å². The minimum atomic E-state index is -2.97. The molecule has 2 nitrogen and oxygen atoms in total. The lowest BCUT2D eigenvalue weighted by atomic mass is 10.1. The molecule has 0 atom stereocenters. The predicted molar refractivity (Wildman–Crippen MR) is 48.1 cm³/mol. The lowest BCUT2D eigenvalue weighted by Gasteiger charge is -2.08. The summed E-state index contributed by atoms with van der Waals surface area (Å²) in [5.74, 6) is 0.310. The van der Waals surface area contributed by atoms with E-state index >= 15 is 0 Å². The molecule has 0 N–H and O–H groups in total. The third-order valence-corrected chi connectivity index (χ3v) is 3.41. The van der Waals surface area contributed by atoms with Crippen molar-refractivity contribution in [1.29, 1.82) is 0 Å². The van der Waals surface area contributed by atoms with Crippen molar-refractivity contribution in [2.24, 2.45) is 5.92 Å². The number of hydrogen-bond acceptors (Lipinski definition) is 2. The van der Waals surface area contributed by atoms with Gasteiger partial charge in [-0.2, -0.15) is 0 Å². The van der Waals surface area contributed by atoms with Crippen molar-refractivity contribution < 1.29 is 8.42 Å². The second-order valence-corrected chi connectivity index (χ2v) is 5.32. The normalized spacial score (nSPS) is 15.1. The molecule has 0 aromatic heterocycles. The summed E-state index contributed by atoms with van der Waals surface area (Å²) in [6.07, 6.45) is 1.24. The summed E-state index contributed by atoms with van der Waals surface area (Å²) in [7, 11) is -2.97. The SMILES string of the molecule is C/C(=C(/C)S(C)(=O)=O)C(C)C. The van der Waals surface area contributed by atoms with E-state index in [1.54, 1.807) is 6.92 Å². The zero-order valence-corrected chi connectivity index (χ0v) is 8.62. The van der Waals surface area contributed by atoms with Gasteiger partial charge in [0.2, 0.25) is 0 Å². The molecule has 0 bridgehead atoms. The predicted octanol–water partition coefficient (Wildman–Crippen LogP) is 1.98. The van der Waals surface area contributed by atoms with Gasteiger partial charge in [0.05, 0.1) is 0 Å². The van der Waals surface area contributed by atoms with E-state index in [0.29, 0.717) is 10.8 Å². The van der Waals surface area contributed by atoms with E-state index in [4.69, 9.17) is 0 Å². The van der Waals surface area contributed by atoms with Crippen LogP contribution in [0, 0.1) is 5.92 Å². The van der Waals surface area contributed by atoms with Gasteiger partial charge in [0, 0.05) is 11.2 Å². The molecule has 0 radical (unpaired) electrons. The van der Waals surface area contributed by atoms with E-state index < -0.39 is 9.84 Å². The maximum absolute atomic E-state index is 11.0. The fourth-order valence-electron chi connectivity index (χ4n) is 0.699. The van der Waals surface area contributed by atoms with Gasteiger partial charge in [-0.1, -0.05) is 19.4 Å². The van der Waals surface area contributed by atoms with Crippen molar-refractivity contribution in [1.82, 2.24) is 0 Å². The first-order valence-corrected chi connectivity index (χ1v) is 5.53. The number of hydrogen-bond donors (Lipinski definition) is 0. The summed E-state index contributed by atoms with van der Waals surface area (Å²) < 4.78 is 22.0. The molecule has 3 heteroatoms. The minimum Gasteiger partial charge on any atom is -0.224 e. The Morgan fingerprint density at radius 3 is 1.64 bits per heavy atom. The van der Waals surface area contributed by atoms with E-state index in [1.165, 1.54) is 6.26 Å². The quantitative estimate of drug-likeness (QED) is 0.644. The first-order valence-electron chi connectivity index (χ1n) is 3.64. The Hall–Kier alpha value is -0.310. The molecule has 0 aliphatic carbocycles. The van der Waals surface area contributed by atoms with Gasteiger partial charge in [-0.25, -0.2) is 8.42 Å². The highest BCUT2D eigenvalue weighted by Gasteiger charge is 2.10. The van der Waals surface area contributed by atoms with Crippen LogP contribution in [-0.4, -0.2) is 14.7 Å². The van der Waals surface area contributed by atoms with Gasteiger partial charge >= 0.3 is 0 Å². The molecule has 0 amide bonds. The Kier molecular flexibility index (Phi) is 3.30. The highest BCUT2D eigenvalue weighted by atomic mass is 32.2. The smallest absolute Gasteiger partial charge is 0.171 e. The summed E-state index contributed by atoms with van der Waals surface area (Å²) >= 11 is 0. The Balaban J connectivity index is 4.99. The average molecular weight is 176 g/mol. The number of rotatable bonds is 2. The molecule has 0 aliphatic rings. The summed E-state index contributed by atoms with van der Waals surface area (Å²) in [5.41, 5.74) is 0.951. The minimum absolute atomic E-state index is 0.310. The molecule has 0 aromatic carbocycles. The van der Waals surface area contributed by atoms with Crippen LogP contribution in [0.25, 0.3) is 0 Å². The van der Waals surface area contributed by atoms with Crippen molar-refractivity contribution in [2.75, 3.05) is 6.26 Å². The second-order valence-electron chi connectivity index (χ2n) is 3.17. The lowest BCUT2D eigenvalue weighted by molar-refractivity contribution is 0.605. The van der Waals surface area contributed by atoms with Crippen LogP contribution in [0.4, 0.5) is 0 Å². The molecule has 11 heavy (non-hydrogen) atoms. The van der Waals surface area contributed by atoms with Gasteiger partial charge in [-0.3, -0.25) is 0 Å². The second kappa shape index (κ2) is 3.39. The van der Waals surface area contributed by atoms with Crippen molar-refractivity contribution in [3.8, 4) is 0 Å². The Morgan fingerprint density at radius 2 is 1.55 bits per heavy atom. The van der Waals surface area contributed by atoms with Gasteiger partial charge in [0.15, 0.2) is 9.84 Å². The van der Waals surface area contributed by atoms with Crippen LogP contribution in [0.5, 0.6) is 0 Å². The summed E-state index contributed by atoms with van der Waals surface area (Å²) in [4.78, 5) is 0.507. The highest BCUT2D eigenvalue weighted by molar-refractivity contribution is 7.94. The van der Waals surface area contributed by atoms with Gasteiger partial charge in [0.1, 0.15) is 0 Å². The molecule has 0 unspecified atom stereocenters. The molecule has 0 saturated carbocycles. The lowest BCUT2D eigenvalue weighted by Crippen LogP contribution is -2.03. The summed E-state index contributed by atoms with van der Waals surface area (Å²) in [6, 6.07) is 0. The number of allylic oxidation sites excluding steroid dienone is 2. The van der Waals surface area contributed by atoms with Gasteiger partial charge in [-0.05, 0) is 19.8 Å². The van der Waals surface area contributed by atoms with Crippen molar-refractivity contribution in [3.63, 3.8) is 0 Å². The van der Waals surface area contributed by atoms with Crippen molar-refractivity contribution in [2.45, 2.75) is 27.7 Å². The van der Waals surface area contributed by atoms with Gasteiger partial charge in [-0.15, -0.1) is 0 Å². The fraction of sp³-hybridized carbons (Fsp3) is 0.750. The molecule has 66 valence electrons. The van der Waals surface area contributed by atoms with E-state index in [9.17, 15) is 8.42 Å². The maximum atomic E-state index is 11.0. The fourth-order valence-corrected chi connectivity index (χ4v) is 1.52. The summed E-state index contributed by atoms with van der Waals surface area (Å²) in [6.45, 7) is 7.50. The molecular weight excluding hydrogens is 160 g/mol. The highest BCUT2D eigenvalue weighted by Crippen LogP contribution is 2.17.